The van der Waals surface area contributed by atoms with Gasteiger partial charge in [0.2, 0.25) is 0 Å². The number of ether oxygens (including phenoxy) is 2. The highest BCUT2D eigenvalue weighted by Crippen LogP contribution is 2.38. The van der Waals surface area contributed by atoms with E-state index in [0.29, 0.717) is 52.6 Å². The van der Waals surface area contributed by atoms with E-state index >= 15 is 0 Å². The summed E-state index contributed by atoms with van der Waals surface area (Å²) in [7, 11) is 1.53. The van der Waals surface area contributed by atoms with Gasteiger partial charge in [0.1, 0.15) is 5.82 Å². The number of nitrogens with zero attached hydrogens (tertiary/aromatic N) is 5. The van der Waals surface area contributed by atoms with Crippen LogP contribution in [0.4, 0.5) is 11.5 Å². The maximum Gasteiger partial charge on any atom is 0.176 e. The molecule has 3 saturated heterocycles. The second kappa shape index (κ2) is 10.9. The van der Waals surface area contributed by atoms with Gasteiger partial charge in [-0.25, -0.2) is 4.98 Å². The zero-order valence-electron chi connectivity index (χ0n) is 24.6. The van der Waals surface area contributed by atoms with Crippen LogP contribution in [0.2, 0.25) is 0 Å². The lowest BCUT2D eigenvalue weighted by Gasteiger charge is -2.58. The van der Waals surface area contributed by atoms with Crippen LogP contribution in [0.5, 0.6) is 11.5 Å². The molecule has 3 aliphatic heterocycles. The number of aromatic nitrogens is 3. The Morgan fingerprint density at radius 2 is 1.83 bits per heavy atom. The van der Waals surface area contributed by atoms with E-state index in [-0.39, 0.29) is 5.71 Å². The molecule has 41 heavy (non-hydrogen) atoms. The normalized spacial score (nSPS) is 19.5. The molecule has 1 aromatic carbocycles. The number of pyridine rings is 1. The predicted molar refractivity (Wildman–Crippen MR) is 159 cm³/mol. The number of hydrogen-bond donors (Lipinski definition) is 4. The summed E-state index contributed by atoms with van der Waals surface area (Å²) in [6.07, 6.45) is 3.70. The summed E-state index contributed by atoms with van der Waals surface area (Å²) in [4.78, 5) is 9.50. The summed E-state index contributed by atoms with van der Waals surface area (Å²) in [5.74, 6) is 1.71. The van der Waals surface area contributed by atoms with Gasteiger partial charge >= 0.3 is 0 Å². The second-order valence-corrected chi connectivity index (χ2v) is 11.8. The minimum Gasteiger partial charge on any atom is -0.493 e. The van der Waals surface area contributed by atoms with Gasteiger partial charge in [0.05, 0.1) is 30.3 Å². The van der Waals surface area contributed by atoms with E-state index in [0.717, 1.165) is 42.0 Å². The van der Waals surface area contributed by atoms with Gasteiger partial charge in [0.15, 0.2) is 17.7 Å². The fourth-order valence-corrected chi connectivity index (χ4v) is 6.04. The maximum atomic E-state index is 10.3. The molecule has 5 heterocycles. The molecule has 218 valence electrons. The summed E-state index contributed by atoms with van der Waals surface area (Å²) in [6, 6.07) is 6.14. The molecule has 3 fully saturated rings. The minimum absolute atomic E-state index is 0.224. The number of aryl methyl sites for hydroxylation is 3. The van der Waals surface area contributed by atoms with Crippen LogP contribution in [0, 0.1) is 26.2 Å². The lowest BCUT2D eigenvalue weighted by atomic mass is 9.85. The minimum atomic E-state index is -0.816. The molecule has 2 bridgehead atoms. The third-order valence-electron chi connectivity index (χ3n) is 7.97. The van der Waals surface area contributed by atoms with Gasteiger partial charge in [0.25, 0.3) is 0 Å². The van der Waals surface area contributed by atoms with Crippen LogP contribution in [-0.4, -0.2) is 75.3 Å². The molecule has 6 rings (SSSR count). The first kappa shape index (κ1) is 28.7. The Bertz CT molecular complexity index is 1440. The molecular weight excluding hydrogens is 520 g/mol. The molecule has 3 aromatic rings. The maximum absolute atomic E-state index is 10.3. The summed E-state index contributed by atoms with van der Waals surface area (Å²) in [5.41, 5.74) is 17.1. The van der Waals surface area contributed by atoms with E-state index in [9.17, 15) is 5.11 Å². The van der Waals surface area contributed by atoms with Gasteiger partial charge in [-0.2, -0.15) is 10.2 Å². The van der Waals surface area contributed by atoms with Crippen LogP contribution in [0.3, 0.4) is 0 Å². The number of fused-ring (bicyclic) bond motifs is 2. The van der Waals surface area contributed by atoms with Gasteiger partial charge in [-0.15, -0.1) is 0 Å². The standard InChI is InChI=1S/C30H40N8O3/c1-16-7-19(12-34-29(16)37-13-20-8-21(14-37)38(20)15-30(4,5)39)27(32)22-9-25(24(40-6)10-23(22)31)41-28(33)26-17(2)11-35-36-18(26)3/h7,9-12,20-21,28,32,39H,8,13-15,31,33H2,1-6H3/t20?,21?,28-/m0/s1. The van der Waals surface area contributed by atoms with Crippen molar-refractivity contribution in [1.82, 2.24) is 20.1 Å². The zero-order chi connectivity index (χ0) is 29.6. The van der Waals surface area contributed by atoms with Crippen molar-refractivity contribution in [3.05, 3.63) is 64.1 Å². The van der Waals surface area contributed by atoms with Crippen molar-refractivity contribution < 1.29 is 14.6 Å². The highest BCUT2D eigenvalue weighted by molar-refractivity contribution is 6.14. The van der Waals surface area contributed by atoms with E-state index in [1.807, 2.05) is 40.7 Å². The van der Waals surface area contributed by atoms with Crippen LogP contribution in [-0.2, 0) is 0 Å². The first-order valence-electron chi connectivity index (χ1n) is 13.8. The van der Waals surface area contributed by atoms with Crippen LogP contribution < -0.4 is 25.8 Å². The van der Waals surface area contributed by atoms with E-state index in [4.69, 9.17) is 31.3 Å². The van der Waals surface area contributed by atoms with Crippen molar-refractivity contribution in [1.29, 1.82) is 5.41 Å². The first-order chi connectivity index (χ1) is 19.4. The largest absolute Gasteiger partial charge is 0.493 e. The molecule has 3 aliphatic rings. The second-order valence-electron chi connectivity index (χ2n) is 11.8. The highest BCUT2D eigenvalue weighted by Gasteiger charge is 2.46. The van der Waals surface area contributed by atoms with Crippen LogP contribution in [0.1, 0.15) is 60.0 Å². The molecule has 6 N–H and O–H groups in total. The van der Waals surface area contributed by atoms with Crippen molar-refractivity contribution in [2.45, 2.75) is 65.0 Å². The Morgan fingerprint density at radius 3 is 2.44 bits per heavy atom. The topological polar surface area (TPSA) is 160 Å². The van der Waals surface area contributed by atoms with E-state index in [1.165, 1.54) is 7.11 Å². The monoisotopic (exact) mass is 560 g/mol. The first-order valence-corrected chi connectivity index (χ1v) is 13.8. The summed E-state index contributed by atoms with van der Waals surface area (Å²) in [5, 5.41) is 27.3. The number of piperazine rings is 1. The Hall–Kier alpha value is -3.80. The number of hydrogen-bond acceptors (Lipinski definition) is 11. The third kappa shape index (κ3) is 5.70. The van der Waals surface area contributed by atoms with Crippen LogP contribution in [0.15, 0.2) is 30.6 Å². The molecule has 11 heteroatoms. The smallest absolute Gasteiger partial charge is 0.176 e. The fourth-order valence-electron chi connectivity index (χ4n) is 6.04. The quantitative estimate of drug-likeness (QED) is 0.174. The molecule has 0 spiro atoms. The average Bonchev–Trinajstić information content (AvgIpc) is 2.91. The summed E-state index contributed by atoms with van der Waals surface area (Å²) in [6.45, 7) is 11.9. The predicted octanol–water partition coefficient (Wildman–Crippen LogP) is 2.87. The zero-order valence-corrected chi connectivity index (χ0v) is 24.6. The molecule has 0 amide bonds. The molecule has 2 aromatic heterocycles. The van der Waals surface area contributed by atoms with Crippen molar-refractivity contribution in [2.75, 3.05) is 37.4 Å². The molecule has 0 saturated carbocycles. The third-order valence-corrected chi connectivity index (χ3v) is 7.97. The van der Waals surface area contributed by atoms with E-state index < -0.39 is 11.8 Å². The Labute approximate surface area is 241 Å². The lowest BCUT2D eigenvalue weighted by molar-refractivity contribution is -0.0618. The number of rotatable bonds is 9. The van der Waals surface area contributed by atoms with Gasteiger partial charge in [0, 0.05) is 66.4 Å². The van der Waals surface area contributed by atoms with Crippen molar-refractivity contribution in [3.8, 4) is 11.5 Å². The number of nitrogens with two attached hydrogens (primary N) is 2. The molecule has 0 radical (unpaired) electrons. The number of aliphatic hydroxyl groups is 1. The number of piperidine rings is 1. The average molecular weight is 561 g/mol. The van der Waals surface area contributed by atoms with Gasteiger partial charge in [-0.05, 0) is 64.3 Å². The van der Waals surface area contributed by atoms with Gasteiger partial charge in [-0.1, -0.05) is 0 Å². The number of benzene rings is 1. The lowest BCUT2D eigenvalue weighted by Crippen LogP contribution is -2.70. The van der Waals surface area contributed by atoms with Gasteiger partial charge < -0.3 is 25.2 Å². The van der Waals surface area contributed by atoms with Crippen molar-refractivity contribution in [2.24, 2.45) is 5.73 Å². The van der Waals surface area contributed by atoms with Crippen LogP contribution >= 0.6 is 0 Å². The fraction of sp³-hybridized carbons (Fsp3) is 0.467. The number of nitrogen functional groups attached to an aromatic ring is 1. The van der Waals surface area contributed by atoms with Gasteiger partial charge in [-0.3, -0.25) is 16.0 Å². The Morgan fingerprint density at radius 1 is 1.12 bits per heavy atom. The molecule has 2 unspecified atom stereocenters. The highest BCUT2D eigenvalue weighted by atomic mass is 16.5. The molecular formula is C30H40N8O3. The SMILES string of the molecule is COc1cc(N)c(C(=N)c2cnc(N3CC4CC(C3)N4CC(C)(C)O)c(C)c2)cc1O[C@H](N)c1c(C)cnnc1C. The molecule has 0 aliphatic carbocycles. The molecule has 3 atom stereocenters. The molecule has 11 nitrogen and oxygen atoms in total. The van der Waals surface area contributed by atoms with Crippen molar-refractivity contribution in [3.63, 3.8) is 0 Å². The number of methoxy groups -OCH3 is 1. The summed E-state index contributed by atoms with van der Waals surface area (Å²) < 4.78 is 11.6. The number of anilines is 2. The van der Waals surface area contributed by atoms with Crippen LogP contribution in [0.25, 0.3) is 0 Å². The Balaban J connectivity index is 1.36. The Kier molecular flexibility index (Phi) is 7.62. The summed E-state index contributed by atoms with van der Waals surface area (Å²) >= 11 is 0. The number of nitrogens with one attached hydrogen (secondary N) is 1. The van der Waals surface area contributed by atoms with E-state index in [1.54, 1.807) is 24.5 Å². The van der Waals surface area contributed by atoms with Crippen molar-refractivity contribution >= 4 is 17.2 Å². The van der Waals surface area contributed by atoms with E-state index in [2.05, 4.69) is 20.0 Å².